The molecule has 4 rings (SSSR count). The Labute approximate surface area is 190 Å². The molecular weight excluding hydrogens is 452 g/mol. The van der Waals surface area contributed by atoms with E-state index in [4.69, 9.17) is 0 Å². The molecule has 4 aromatic rings. The van der Waals surface area contributed by atoms with E-state index in [1.54, 1.807) is 24.3 Å². The van der Waals surface area contributed by atoms with E-state index in [1.807, 2.05) is 6.07 Å². The van der Waals surface area contributed by atoms with E-state index in [1.165, 1.54) is 35.1 Å². The summed E-state index contributed by atoms with van der Waals surface area (Å²) in [5.41, 5.74) is -1.12. The van der Waals surface area contributed by atoms with Crippen LogP contribution in [-0.4, -0.2) is 21.6 Å². The number of benzene rings is 3. The summed E-state index contributed by atoms with van der Waals surface area (Å²) >= 11 is 0. The number of carbonyl (C=O) groups is 2. The number of rotatable bonds is 5. The fourth-order valence-corrected chi connectivity index (χ4v) is 3.13. The van der Waals surface area contributed by atoms with E-state index >= 15 is 0 Å². The van der Waals surface area contributed by atoms with Crippen molar-refractivity contribution in [2.45, 2.75) is 6.18 Å². The molecule has 1 aromatic heterocycles. The molecule has 2 N–H and O–H groups in total. The van der Waals surface area contributed by atoms with Gasteiger partial charge in [-0.05, 0) is 60.7 Å². The molecule has 0 saturated carbocycles. The quantitative estimate of drug-likeness (QED) is 0.378. The third-order valence-electron chi connectivity index (χ3n) is 4.78. The highest BCUT2D eigenvalue weighted by molar-refractivity contribution is 6.05. The average molecular weight is 468 g/mol. The maximum absolute atomic E-state index is 13.7. The van der Waals surface area contributed by atoms with Gasteiger partial charge in [-0.1, -0.05) is 18.2 Å². The van der Waals surface area contributed by atoms with Crippen LogP contribution in [0.2, 0.25) is 0 Å². The van der Waals surface area contributed by atoms with Crippen LogP contribution < -0.4 is 10.6 Å². The highest BCUT2D eigenvalue weighted by Crippen LogP contribution is 2.37. The standard InChI is InChI=1S/C24H16F4N4O2/c25-16-8-6-15(7-9-16)22(33)29-17-10-11-20(19(14-17)24(26,27)28)30-23(34)21-12-13-32(31-21)18-4-2-1-3-5-18/h1-14H,(H,29,33)(H,30,34). The summed E-state index contributed by atoms with van der Waals surface area (Å²) in [5.74, 6) is -2.09. The zero-order valence-electron chi connectivity index (χ0n) is 17.3. The lowest BCUT2D eigenvalue weighted by Gasteiger charge is -2.15. The van der Waals surface area contributed by atoms with Gasteiger partial charge in [0.05, 0.1) is 16.9 Å². The Morgan fingerprint density at radius 2 is 1.53 bits per heavy atom. The highest BCUT2D eigenvalue weighted by Gasteiger charge is 2.34. The molecule has 0 unspecified atom stereocenters. The predicted octanol–water partition coefficient (Wildman–Crippen LogP) is 5.53. The minimum Gasteiger partial charge on any atom is -0.322 e. The van der Waals surface area contributed by atoms with Crippen molar-refractivity contribution in [2.24, 2.45) is 0 Å². The topological polar surface area (TPSA) is 76.0 Å². The van der Waals surface area contributed by atoms with Crippen molar-refractivity contribution in [3.05, 3.63) is 108 Å². The van der Waals surface area contributed by atoms with Crippen molar-refractivity contribution < 1.29 is 27.2 Å². The molecule has 10 heteroatoms. The minimum absolute atomic E-state index is 0.0707. The molecule has 0 spiro atoms. The van der Waals surface area contributed by atoms with Gasteiger partial charge < -0.3 is 10.6 Å². The molecule has 0 saturated heterocycles. The lowest BCUT2D eigenvalue weighted by atomic mass is 10.1. The fraction of sp³-hybridized carbons (Fsp3) is 0.0417. The summed E-state index contributed by atoms with van der Waals surface area (Å²) < 4.78 is 55.5. The van der Waals surface area contributed by atoms with Gasteiger partial charge in [0, 0.05) is 17.4 Å². The van der Waals surface area contributed by atoms with E-state index in [-0.39, 0.29) is 16.9 Å². The second kappa shape index (κ2) is 9.18. The Morgan fingerprint density at radius 1 is 0.824 bits per heavy atom. The Balaban J connectivity index is 1.55. The first-order valence-electron chi connectivity index (χ1n) is 9.91. The number of nitrogens with one attached hydrogen (secondary N) is 2. The van der Waals surface area contributed by atoms with Crippen LogP contribution in [0.1, 0.15) is 26.4 Å². The number of aromatic nitrogens is 2. The third-order valence-corrected chi connectivity index (χ3v) is 4.78. The normalized spacial score (nSPS) is 11.2. The van der Waals surface area contributed by atoms with Gasteiger partial charge in [-0.2, -0.15) is 18.3 Å². The molecule has 6 nitrogen and oxygen atoms in total. The van der Waals surface area contributed by atoms with Gasteiger partial charge >= 0.3 is 6.18 Å². The van der Waals surface area contributed by atoms with E-state index in [0.29, 0.717) is 11.8 Å². The molecule has 0 aliphatic heterocycles. The molecule has 0 fully saturated rings. The first-order chi connectivity index (χ1) is 16.2. The summed E-state index contributed by atoms with van der Waals surface area (Å²) in [6.07, 6.45) is -3.30. The van der Waals surface area contributed by atoms with E-state index in [9.17, 15) is 27.2 Å². The van der Waals surface area contributed by atoms with Crippen LogP contribution in [0, 0.1) is 5.82 Å². The fourth-order valence-electron chi connectivity index (χ4n) is 3.13. The van der Waals surface area contributed by atoms with Gasteiger partial charge in [-0.3, -0.25) is 9.59 Å². The molecule has 0 radical (unpaired) electrons. The smallest absolute Gasteiger partial charge is 0.322 e. The number of halogens is 4. The van der Waals surface area contributed by atoms with Crippen molar-refractivity contribution in [2.75, 3.05) is 10.6 Å². The molecule has 34 heavy (non-hydrogen) atoms. The Kier molecular flexibility index (Phi) is 6.13. The Morgan fingerprint density at radius 3 is 2.21 bits per heavy atom. The molecule has 2 amide bonds. The first-order valence-corrected chi connectivity index (χ1v) is 9.91. The highest BCUT2D eigenvalue weighted by atomic mass is 19.4. The number of carbonyl (C=O) groups excluding carboxylic acids is 2. The number of hydrogen-bond donors (Lipinski definition) is 2. The SMILES string of the molecule is O=C(Nc1ccc(NC(=O)c2ccn(-c3ccccc3)n2)c(C(F)(F)F)c1)c1ccc(F)cc1. The van der Waals surface area contributed by atoms with E-state index in [0.717, 1.165) is 18.2 Å². The molecule has 0 aliphatic carbocycles. The van der Waals surface area contributed by atoms with Crippen LogP contribution in [0.4, 0.5) is 28.9 Å². The summed E-state index contributed by atoms with van der Waals surface area (Å²) in [4.78, 5) is 24.8. The van der Waals surface area contributed by atoms with Crippen molar-refractivity contribution in [1.82, 2.24) is 9.78 Å². The zero-order chi connectivity index (χ0) is 24.3. The van der Waals surface area contributed by atoms with Gasteiger partial charge in [-0.15, -0.1) is 0 Å². The second-order valence-electron chi connectivity index (χ2n) is 7.15. The molecule has 0 bridgehead atoms. The monoisotopic (exact) mass is 468 g/mol. The van der Waals surface area contributed by atoms with Gasteiger partial charge in [0.1, 0.15) is 5.82 Å². The number of hydrogen-bond acceptors (Lipinski definition) is 3. The van der Waals surface area contributed by atoms with Gasteiger partial charge in [-0.25, -0.2) is 9.07 Å². The Bertz CT molecular complexity index is 1330. The summed E-state index contributed by atoms with van der Waals surface area (Å²) in [7, 11) is 0. The summed E-state index contributed by atoms with van der Waals surface area (Å²) in [6, 6.07) is 17.8. The lowest BCUT2D eigenvalue weighted by Crippen LogP contribution is -2.18. The summed E-state index contributed by atoms with van der Waals surface area (Å²) in [6.45, 7) is 0. The first kappa shape index (κ1) is 22.7. The molecule has 0 aliphatic rings. The summed E-state index contributed by atoms with van der Waals surface area (Å²) in [5, 5.41) is 8.67. The van der Waals surface area contributed by atoms with Gasteiger partial charge in [0.2, 0.25) is 0 Å². The molecule has 172 valence electrons. The molecule has 3 aromatic carbocycles. The van der Waals surface area contributed by atoms with Crippen molar-refractivity contribution in [1.29, 1.82) is 0 Å². The number of nitrogens with zero attached hydrogens (tertiary/aromatic N) is 2. The minimum atomic E-state index is -4.82. The molecular formula is C24H16F4N4O2. The van der Waals surface area contributed by atoms with Crippen molar-refractivity contribution >= 4 is 23.2 Å². The predicted molar refractivity (Wildman–Crippen MR) is 117 cm³/mol. The van der Waals surface area contributed by atoms with Gasteiger partial charge in [0.25, 0.3) is 11.8 Å². The third kappa shape index (κ3) is 5.12. The largest absolute Gasteiger partial charge is 0.418 e. The van der Waals surface area contributed by atoms with Crippen LogP contribution in [0.5, 0.6) is 0 Å². The van der Waals surface area contributed by atoms with Crippen LogP contribution in [0.25, 0.3) is 5.69 Å². The number of anilines is 2. The lowest BCUT2D eigenvalue weighted by molar-refractivity contribution is -0.136. The van der Waals surface area contributed by atoms with E-state index < -0.39 is 35.1 Å². The van der Waals surface area contributed by atoms with Gasteiger partial charge in [0.15, 0.2) is 5.69 Å². The molecule has 0 atom stereocenters. The average Bonchev–Trinajstić information content (AvgIpc) is 3.31. The van der Waals surface area contributed by atoms with Crippen molar-refractivity contribution in [3.63, 3.8) is 0 Å². The maximum Gasteiger partial charge on any atom is 0.418 e. The maximum atomic E-state index is 13.7. The zero-order valence-corrected chi connectivity index (χ0v) is 17.3. The number of amides is 2. The molecule has 1 heterocycles. The van der Waals surface area contributed by atoms with Crippen molar-refractivity contribution in [3.8, 4) is 5.69 Å². The Hall–Kier alpha value is -4.47. The van der Waals surface area contributed by atoms with Crippen LogP contribution in [-0.2, 0) is 6.18 Å². The van der Waals surface area contributed by atoms with E-state index in [2.05, 4.69) is 15.7 Å². The van der Waals surface area contributed by atoms with Crippen LogP contribution in [0.15, 0.2) is 85.1 Å². The van der Waals surface area contributed by atoms with Crippen LogP contribution >= 0.6 is 0 Å². The number of alkyl halides is 3. The van der Waals surface area contributed by atoms with Crippen LogP contribution in [0.3, 0.4) is 0 Å². The second-order valence-corrected chi connectivity index (χ2v) is 7.15. The number of para-hydroxylation sites is 1.